The lowest BCUT2D eigenvalue weighted by molar-refractivity contribution is 0.251. The largest absolute Gasteiger partial charge is 0.464 e. The van der Waals surface area contributed by atoms with Crippen LogP contribution in [-0.4, -0.2) is 10.7 Å². The highest BCUT2D eigenvalue weighted by Crippen LogP contribution is 2.21. The zero-order chi connectivity index (χ0) is 13.5. The monoisotopic (exact) mass is 284 g/mol. The van der Waals surface area contributed by atoms with E-state index in [-0.39, 0.29) is 5.75 Å². The Balaban J connectivity index is 1.74. The number of hydrogen-bond donors (Lipinski definition) is 1. The number of nitrogens with zero attached hydrogens (tertiary/aromatic N) is 1. The van der Waals surface area contributed by atoms with Crippen molar-refractivity contribution in [1.29, 1.82) is 0 Å². The zero-order valence-electron chi connectivity index (χ0n) is 10.2. The van der Waals surface area contributed by atoms with Crippen molar-refractivity contribution in [3.63, 3.8) is 0 Å². The number of hydrogen-bond acceptors (Lipinski definition) is 4. The lowest BCUT2D eigenvalue weighted by Crippen LogP contribution is -2.12. The summed E-state index contributed by atoms with van der Waals surface area (Å²) in [4.78, 5) is 4.18. The molecular weight excluding hydrogens is 270 g/mol. The smallest absolute Gasteiger partial charge is 0.284 e. The maximum atomic E-state index is 12.0. The van der Waals surface area contributed by atoms with Gasteiger partial charge >= 0.3 is 0 Å². The van der Waals surface area contributed by atoms with Crippen LogP contribution in [-0.2, 0) is 18.8 Å². The number of aromatic nitrogens is 1. The predicted octanol–water partition coefficient (Wildman–Crippen LogP) is 3.42. The van der Waals surface area contributed by atoms with Gasteiger partial charge in [-0.05, 0) is 24.3 Å². The topological polar surface area (TPSA) is 38.1 Å². The predicted molar refractivity (Wildman–Crippen MR) is 70.8 cm³/mol. The van der Waals surface area contributed by atoms with Gasteiger partial charge in [-0.3, -0.25) is 4.98 Å². The van der Waals surface area contributed by atoms with Crippen LogP contribution in [0.4, 0.5) is 8.78 Å². The fourth-order valence-electron chi connectivity index (χ4n) is 1.56. The van der Waals surface area contributed by atoms with Gasteiger partial charge in [0.25, 0.3) is 5.76 Å². The summed E-state index contributed by atoms with van der Waals surface area (Å²) in [6, 6.07) is 9.25. The van der Waals surface area contributed by atoms with Crippen LogP contribution in [0.2, 0.25) is 0 Å². The maximum Gasteiger partial charge on any atom is 0.284 e. The van der Waals surface area contributed by atoms with Gasteiger partial charge in [-0.2, -0.15) is 8.78 Å². The van der Waals surface area contributed by atoms with E-state index in [9.17, 15) is 8.78 Å². The van der Waals surface area contributed by atoms with Crippen molar-refractivity contribution in [3.05, 3.63) is 53.7 Å². The summed E-state index contributed by atoms with van der Waals surface area (Å²) >= 11 is 0.561. The van der Waals surface area contributed by atoms with E-state index >= 15 is 0 Å². The van der Waals surface area contributed by atoms with Crippen LogP contribution < -0.4 is 5.32 Å². The van der Waals surface area contributed by atoms with Crippen LogP contribution in [0.5, 0.6) is 0 Å². The Hall–Kier alpha value is -1.40. The number of furan rings is 1. The van der Waals surface area contributed by atoms with Crippen molar-refractivity contribution in [2.24, 2.45) is 0 Å². The van der Waals surface area contributed by atoms with E-state index < -0.39 is 5.76 Å². The first-order chi connectivity index (χ1) is 9.24. The molecule has 19 heavy (non-hydrogen) atoms. The average molecular weight is 284 g/mol. The third-order valence-corrected chi connectivity index (χ3v) is 3.10. The highest BCUT2D eigenvalue weighted by atomic mass is 32.2. The summed E-state index contributed by atoms with van der Waals surface area (Å²) in [7, 11) is 0. The minimum absolute atomic E-state index is 0.192. The standard InChI is InChI=1S/C13H14F2N2OS/c14-13(15)19-9-12-5-4-11(18-12)8-16-7-10-3-1-2-6-17-10/h1-6,13,16H,7-9H2. The Labute approximate surface area is 114 Å². The van der Waals surface area contributed by atoms with Crippen LogP contribution in [0.1, 0.15) is 17.2 Å². The van der Waals surface area contributed by atoms with Crippen LogP contribution in [0, 0.1) is 0 Å². The second kappa shape index (κ2) is 7.25. The number of pyridine rings is 1. The Morgan fingerprint density at radius 3 is 2.74 bits per heavy atom. The van der Waals surface area contributed by atoms with Gasteiger partial charge in [0.05, 0.1) is 18.0 Å². The molecule has 1 N–H and O–H groups in total. The molecule has 0 saturated carbocycles. The zero-order valence-corrected chi connectivity index (χ0v) is 11.0. The van der Waals surface area contributed by atoms with E-state index in [0.717, 1.165) is 11.5 Å². The van der Waals surface area contributed by atoms with Crippen LogP contribution in [0.15, 0.2) is 40.9 Å². The van der Waals surface area contributed by atoms with Crippen molar-refractivity contribution >= 4 is 11.8 Å². The van der Waals surface area contributed by atoms with Crippen LogP contribution in [0.3, 0.4) is 0 Å². The molecule has 3 nitrogen and oxygen atoms in total. The van der Waals surface area contributed by atoms with Gasteiger partial charge < -0.3 is 9.73 Å². The molecule has 0 aromatic carbocycles. The van der Waals surface area contributed by atoms with Gasteiger partial charge in [-0.15, -0.1) is 0 Å². The molecule has 2 aromatic rings. The molecule has 102 valence electrons. The summed E-state index contributed by atoms with van der Waals surface area (Å²) in [6.45, 7) is 1.19. The lowest BCUT2D eigenvalue weighted by Gasteiger charge is -2.02. The third kappa shape index (κ3) is 5.00. The van der Waals surface area contributed by atoms with Gasteiger partial charge in [0, 0.05) is 12.7 Å². The van der Waals surface area contributed by atoms with Crippen molar-refractivity contribution in [1.82, 2.24) is 10.3 Å². The first-order valence-electron chi connectivity index (χ1n) is 5.82. The maximum absolute atomic E-state index is 12.0. The molecule has 6 heteroatoms. The van der Waals surface area contributed by atoms with Crippen LogP contribution >= 0.6 is 11.8 Å². The molecule has 0 fully saturated rings. The second-order valence-electron chi connectivity index (χ2n) is 3.86. The molecule has 2 heterocycles. The molecule has 0 aliphatic heterocycles. The Kier molecular flexibility index (Phi) is 5.35. The molecule has 0 spiro atoms. The van der Waals surface area contributed by atoms with Crippen molar-refractivity contribution in [2.75, 3.05) is 0 Å². The summed E-state index contributed by atoms with van der Waals surface area (Å²) in [5.41, 5.74) is 0.947. The molecule has 0 bridgehead atoms. The van der Waals surface area contributed by atoms with Crippen molar-refractivity contribution < 1.29 is 13.2 Å². The number of nitrogens with one attached hydrogen (secondary N) is 1. The normalized spacial score (nSPS) is 11.1. The minimum Gasteiger partial charge on any atom is -0.464 e. The highest BCUT2D eigenvalue weighted by Gasteiger charge is 2.07. The van der Waals surface area contributed by atoms with Crippen molar-refractivity contribution in [3.8, 4) is 0 Å². The quantitative estimate of drug-likeness (QED) is 0.845. The van der Waals surface area contributed by atoms with Gasteiger partial charge in [-0.25, -0.2) is 0 Å². The third-order valence-electron chi connectivity index (χ3n) is 2.40. The average Bonchev–Trinajstić information content (AvgIpc) is 2.86. The molecule has 0 aliphatic carbocycles. The molecule has 0 radical (unpaired) electrons. The molecule has 0 amide bonds. The van der Waals surface area contributed by atoms with Gasteiger partial charge in [0.2, 0.25) is 0 Å². The van der Waals surface area contributed by atoms with E-state index in [1.807, 2.05) is 18.2 Å². The summed E-state index contributed by atoms with van der Waals surface area (Å²) in [5.74, 6) is -0.866. The minimum atomic E-state index is -2.36. The molecule has 0 saturated heterocycles. The van der Waals surface area contributed by atoms with E-state index in [0.29, 0.717) is 30.6 Å². The Bertz CT molecular complexity index is 490. The number of rotatable bonds is 7. The van der Waals surface area contributed by atoms with Gasteiger partial charge in [-0.1, -0.05) is 17.8 Å². The number of halogens is 2. The van der Waals surface area contributed by atoms with Gasteiger partial charge in [0.1, 0.15) is 11.5 Å². The SMILES string of the molecule is FC(F)SCc1ccc(CNCc2ccccn2)o1. The van der Waals surface area contributed by atoms with E-state index in [1.165, 1.54) is 0 Å². The van der Waals surface area contributed by atoms with Gasteiger partial charge in [0.15, 0.2) is 0 Å². The lowest BCUT2D eigenvalue weighted by atomic mass is 10.3. The summed E-state index contributed by atoms with van der Waals surface area (Å²) < 4.78 is 29.5. The molecule has 0 unspecified atom stereocenters. The van der Waals surface area contributed by atoms with E-state index in [2.05, 4.69) is 10.3 Å². The number of thioether (sulfide) groups is 1. The Morgan fingerprint density at radius 1 is 1.16 bits per heavy atom. The fourth-order valence-corrected chi connectivity index (χ4v) is 2.00. The second-order valence-corrected chi connectivity index (χ2v) is 4.84. The molecule has 0 atom stereocenters. The molecule has 0 aliphatic rings. The molecule has 2 rings (SSSR count). The number of alkyl halides is 2. The highest BCUT2D eigenvalue weighted by molar-refractivity contribution is 7.98. The molecular formula is C13H14F2N2OS. The van der Waals surface area contributed by atoms with Crippen molar-refractivity contribution in [2.45, 2.75) is 24.6 Å². The van der Waals surface area contributed by atoms with E-state index in [1.54, 1.807) is 18.3 Å². The summed E-state index contributed by atoms with van der Waals surface area (Å²) in [5, 5.41) is 3.18. The Morgan fingerprint density at radius 2 is 2.00 bits per heavy atom. The summed E-state index contributed by atoms with van der Waals surface area (Å²) in [6.07, 6.45) is 1.74. The fraction of sp³-hybridized carbons (Fsp3) is 0.308. The first-order valence-corrected chi connectivity index (χ1v) is 6.87. The van der Waals surface area contributed by atoms with Crippen LogP contribution in [0.25, 0.3) is 0 Å². The molecule has 2 aromatic heterocycles. The van der Waals surface area contributed by atoms with E-state index in [4.69, 9.17) is 4.42 Å². The first kappa shape index (κ1) is 14.0.